The molecule has 0 saturated carbocycles. The van der Waals surface area contributed by atoms with Crippen molar-refractivity contribution < 1.29 is 42.9 Å². The van der Waals surface area contributed by atoms with Crippen molar-refractivity contribution in [2.24, 2.45) is 0 Å². The number of nitrogens with one attached hydrogen (secondary N) is 3. The van der Waals surface area contributed by atoms with Crippen LogP contribution < -0.4 is 34.9 Å². The van der Waals surface area contributed by atoms with E-state index in [1.165, 1.54) is 10.5 Å². The number of hydrogen-bond donors (Lipinski definition) is 3. The van der Waals surface area contributed by atoms with Crippen molar-refractivity contribution in [3.63, 3.8) is 0 Å². The zero-order chi connectivity index (χ0) is 39.0. The Labute approximate surface area is 322 Å². The molecule has 0 bridgehead atoms. The standard InChI is InChI=1S/C42H52N4O9/c1-52-36-20-18-30(25-37(36)53-2)13-9-12-29-14-10-15-31(24-29)54-27-39(48)43-22-7-5-3-4-6-8-23-44-40(49)28-55-35-17-11-16-32-33(35)26-46(42(32)51)34-19-21-38(47)45-41(34)50/h10-11,14-18,20,24-25,34H,3-9,12-13,19,21-23,26-28H2,1-2H3,(H,43,48)(H,44,49)(H,45,47,50). The highest BCUT2D eigenvalue weighted by molar-refractivity contribution is 6.05. The number of imide groups is 1. The summed E-state index contributed by atoms with van der Waals surface area (Å²) in [6.07, 6.45) is 8.98. The first-order valence-electron chi connectivity index (χ1n) is 19.1. The number of unbranched alkanes of at least 4 members (excludes halogenated alkanes) is 5. The van der Waals surface area contributed by atoms with Crippen molar-refractivity contribution in [3.05, 3.63) is 82.9 Å². The van der Waals surface area contributed by atoms with E-state index in [4.69, 9.17) is 18.9 Å². The summed E-state index contributed by atoms with van der Waals surface area (Å²) in [7, 11) is 3.27. The number of nitrogens with zero attached hydrogens (tertiary/aromatic N) is 1. The number of benzene rings is 3. The first kappa shape index (κ1) is 40.6. The van der Waals surface area contributed by atoms with Crippen LogP contribution >= 0.6 is 0 Å². The number of hydrogen-bond acceptors (Lipinski definition) is 9. The molecule has 13 nitrogen and oxygen atoms in total. The average Bonchev–Trinajstić information content (AvgIpc) is 3.53. The summed E-state index contributed by atoms with van der Waals surface area (Å²) in [6.45, 7) is 1.11. The quantitative estimate of drug-likeness (QED) is 0.0978. The molecule has 1 unspecified atom stereocenters. The summed E-state index contributed by atoms with van der Waals surface area (Å²) in [5.74, 6) is 1.07. The van der Waals surface area contributed by atoms with Gasteiger partial charge in [-0.05, 0) is 86.1 Å². The Balaban J connectivity index is 0.869. The molecule has 2 aliphatic rings. The Kier molecular flexibility index (Phi) is 15.3. The molecule has 5 rings (SSSR count). The van der Waals surface area contributed by atoms with Gasteiger partial charge in [0.05, 0.1) is 20.8 Å². The number of fused-ring (bicyclic) bond motifs is 1. The fraction of sp³-hybridized carbons (Fsp3) is 0.452. The SMILES string of the molecule is COc1ccc(CCCc2cccc(OCC(=O)NCCCCCCCCNC(=O)COc3cccc4c3CN(C3CCC(=O)NC3=O)C4=O)c2)cc1OC. The predicted octanol–water partition coefficient (Wildman–Crippen LogP) is 4.67. The number of carbonyl (C=O) groups is 5. The molecule has 3 aromatic carbocycles. The van der Waals surface area contributed by atoms with Crippen molar-refractivity contribution in [2.75, 3.05) is 40.5 Å². The lowest BCUT2D eigenvalue weighted by Gasteiger charge is -2.29. The van der Waals surface area contributed by atoms with Gasteiger partial charge in [0.15, 0.2) is 24.7 Å². The minimum absolute atomic E-state index is 0.0256. The third-order valence-corrected chi connectivity index (χ3v) is 9.79. The summed E-state index contributed by atoms with van der Waals surface area (Å²) >= 11 is 0. The Bertz CT molecular complexity index is 1810. The van der Waals surface area contributed by atoms with Crippen molar-refractivity contribution in [1.29, 1.82) is 0 Å². The Hall–Kier alpha value is -5.59. The minimum Gasteiger partial charge on any atom is -0.493 e. The van der Waals surface area contributed by atoms with Crippen LogP contribution in [0.1, 0.15) is 84.8 Å². The molecule has 294 valence electrons. The molecule has 0 spiro atoms. The monoisotopic (exact) mass is 756 g/mol. The molecule has 55 heavy (non-hydrogen) atoms. The third kappa shape index (κ3) is 12.0. The number of amides is 5. The highest BCUT2D eigenvalue weighted by Crippen LogP contribution is 2.33. The van der Waals surface area contributed by atoms with Crippen molar-refractivity contribution in [2.45, 2.75) is 83.2 Å². The molecule has 1 atom stereocenters. The Morgan fingerprint density at radius 2 is 1.38 bits per heavy atom. The second-order valence-corrected chi connectivity index (χ2v) is 13.8. The first-order chi connectivity index (χ1) is 26.7. The number of aryl methyl sites for hydroxylation is 2. The van der Waals surface area contributed by atoms with Gasteiger partial charge in [-0.2, -0.15) is 0 Å². The molecule has 1 fully saturated rings. The lowest BCUT2D eigenvalue weighted by molar-refractivity contribution is -0.137. The van der Waals surface area contributed by atoms with Gasteiger partial charge in [0, 0.05) is 30.6 Å². The summed E-state index contributed by atoms with van der Waals surface area (Å²) in [5.41, 5.74) is 3.41. The van der Waals surface area contributed by atoms with Gasteiger partial charge in [-0.15, -0.1) is 0 Å². The second kappa shape index (κ2) is 20.8. The van der Waals surface area contributed by atoms with Crippen LogP contribution in [0.15, 0.2) is 60.7 Å². The van der Waals surface area contributed by atoms with E-state index in [9.17, 15) is 24.0 Å². The van der Waals surface area contributed by atoms with Crippen LogP contribution in [0.3, 0.4) is 0 Å². The van der Waals surface area contributed by atoms with Crippen LogP contribution in [-0.2, 0) is 38.6 Å². The Morgan fingerprint density at radius 3 is 2.07 bits per heavy atom. The molecule has 3 aromatic rings. The van der Waals surface area contributed by atoms with Crippen molar-refractivity contribution in [3.8, 4) is 23.0 Å². The van der Waals surface area contributed by atoms with Gasteiger partial charge in [-0.1, -0.05) is 49.9 Å². The smallest absolute Gasteiger partial charge is 0.257 e. The normalized spacial score (nSPS) is 14.9. The van der Waals surface area contributed by atoms with Gasteiger partial charge in [0.1, 0.15) is 17.5 Å². The van der Waals surface area contributed by atoms with E-state index in [0.29, 0.717) is 35.7 Å². The van der Waals surface area contributed by atoms with Gasteiger partial charge in [-0.25, -0.2) is 0 Å². The molecule has 0 aliphatic carbocycles. The van der Waals surface area contributed by atoms with E-state index in [1.54, 1.807) is 32.4 Å². The van der Waals surface area contributed by atoms with Crippen molar-refractivity contribution in [1.82, 2.24) is 20.9 Å². The first-order valence-corrected chi connectivity index (χ1v) is 19.1. The van der Waals surface area contributed by atoms with Crippen molar-refractivity contribution >= 4 is 29.5 Å². The van der Waals surface area contributed by atoms with Gasteiger partial charge >= 0.3 is 0 Å². The van der Waals surface area contributed by atoms with Crippen LogP contribution in [0.5, 0.6) is 23.0 Å². The molecule has 2 heterocycles. The van der Waals surface area contributed by atoms with Gasteiger partial charge < -0.3 is 34.5 Å². The lowest BCUT2D eigenvalue weighted by Crippen LogP contribution is -2.52. The summed E-state index contributed by atoms with van der Waals surface area (Å²) in [6, 6.07) is 18.2. The van der Waals surface area contributed by atoms with E-state index in [-0.39, 0.29) is 56.2 Å². The van der Waals surface area contributed by atoms with Crippen LogP contribution in [0.2, 0.25) is 0 Å². The average molecular weight is 757 g/mol. The number of ether oxygens (including phenoxy) is 4. The van der Waals surface area contributed by atoms with E-state index in [2.05, 4.69) is 28.1 Å². The van der Waals surface area contributed by atoms with Crippen LogP contribution in [0.25, 0.3) is 0 Å². The molecular formula is C42H52N4O9. The number of rotatable bonds is 22. The summed E-state index contributed by atoms with van der Waals surface area (Å²) < 4.78 is 22.3. The zero-order valence-corrected chi connectivity index (χ0v) is 31.8. The molecule has 13 heteroatoms. The maximum atomic E-state index is 13.0. The molecular weight excluding hydrogens is 704 g/mol. The largest absolute Gasteiger partial charge is 0.493 e. The van der Waals surface area contributed by atoms with Crippen LogP contribution in [0, 0.1) is 0 Å². The van der Waals surface area contributed by atoms with Crippen LogP contribution in [-0.4, -0.2) is 81.0 Å². The summed E-state index contributed by atoms with van der Waals surface area (Å²) in [5, 5.41) is 8.11. The fourth-order valence-corrected chi connectivity index (χ4v) is 6.82. The van der Waals surface area contributed by atoms with E-state index >= 15 is 0 Å². The molecule has 1 saturated heterocycles. The number of methoxy groups -OCH3 is 2. The second-order valence-electron chi connectivity index (χ2n) is 13.8. The maximum Gasteiger partial charge on any atom is 0.257 e. The summed E-state index contributed by atoms with van der Waals surface area (Å²) in [4.78, 5) is 63.1. The zero-order valence-electron chi connectivity index (χ0n) is 31.8. The Morgan fingerprint density at radius 1 is 0.727 bits per heavy atom. The molecule has 0 radical (unpaired) electrons. The lowest BCUT2D eigenvalue weighted by atomic mass is 10.0. The predicted molar refractivity (Wildman–Crippen MR) is 205 cm³/mol. The molecule has 5 amide bonds. The number of carbonyl (C=O) groups excluding carboxylic acids is 5. The van der Waals surface area contributed by atoms with E-state index in [0.717, 1.165) is 74.8 Å². The van der Waals surface area contributed by atoms with Gasteiger partial charge in [0.2, 0.25) is 11.8 Å². The molecule has 2 aliphatic heterocycles. The molecule has 0 aromatic heterocycles. The fourth-order valence-electron chi connectivity index (χ4n) is 6.82. The van der Waals surface area contributed by atoms with E-state index < -0.39 is 11.9 Å². The van der Waals surface area contributed by atoms with Crippen LogP contribution in [0.4, 0.5) is 0 Å². The molecule has 3 N–H and O–H groups in total. The highest BCUT2D eigenvalue weighted by atomic mass is 16.5. The third-order valence-electron chi connectivity index (χ3n) is 9.79. The van der Waals surface area contributed by atoms with Gasteiger partial charge in [0.25, 0.3) is 17.7 Å². The maximum absolute atomic E-state index is 13.0. The minimum atomic E-state index is -0.713. The number of piperidine rings is 1. The highest BCUT2D eigenvalue weighted by Gasteiger charge is 2.40. The topological polar surface area (TPSA) is 162 Å². The van der Waals surface area contributed by atoms with Gasteiger partial charge in [-0.3, -0.25) is 29.3 Å². The van der Waals surface area contributed by atoms with E-state index in [1.807, 2.05) is 30.3 Å².